The summed E-state index contributed by atoms with van der Waals surface area (Å²) in [6, 6.07) is 6.62. The summed E-state index contributed by atoms with van der Waals surface area (Å²) in [7, 11) is 0. The van der Waals surface area contributed by atoms with Crippen molar-refractivity contribution in [2.75, 3.05) is 13.2 Å². The molecule has 1 rings (SSSR count). The first-order valence-electron chi connectivity index (χ1n) is 5.64. The van der Waals surface area contributed by atoms with Crippen molar-refractivity contribution in [1.29, 1.82) is 0 Å². The van der Waals surface area contributed by atoms with Gasteiger partial charge in [-0.15, -0.1) is 0 Å². The predicted octanol–water partition coefficient (Wildman–Crippen LogP) is 2.43. The number of aliphatic hydroxyl groups is 1. The Hall–Kier alpha value is -1.22. The van der Waals surface area contributed by atoms with Crippen molar-refractivity contribution in [3.05, 3.63) is 24.3 Å². The molecule has 0 saturated heterocycles. The topological polar surface area (TPSA) is 49.7 Å². The van der Waals surface area contributed by atoms with E-state index in [1.54, 1.807) is 24.3 Å². The van der Waals surface area contributed by atoms with Gasteiger partial charge in [0.25, 0.3) is 0 Å². The quantitative estimate of drug-likeness (QED) is 0.780. The average Bonchev–Trinajstić information content (AvgIpc) is 2.26. The maximum atomic E-state index is 9.18. The van der Waals surface area contributed by atoms with E-state index >= 15 is 0 Å². The van der Waals surface area contributed by atoms with E-state index in [2.05, 4.69) is 13.8 Å². The summed E-state index contributed by atoms with van der Waals surface area (Å²) in [5.41, 5.74) is 0. The van der Waals surface area contributed by atoms with Crippen molar-refractivity contribution in [2.45, 2.75) is 20.3 Å². The second-order valence-electron chi connectivity index (χ2n) is 4.48. The van der Waals surface area contributed by atoms with Crippen molar-refractivity contribution in [3.8, 4) is 11.5 Å². The molecule has 16 heavy (non-hydrogen) atoms. The van der Waals surface area contributed by atoms with Gasteiger partial charge >= 0.3 is 0 Å². The minimum absolute atomic E-state index is 0.149. The van der Waals surface area contributed by atoms with Crippen LogP contribution in [0.15, 0.2) is 24.3 Å². The number of hydrogen-bond acceptors (Lipinski definition) is 3. The minimum atomic E-state index is 0.149. The first-order chi connectivity index (χ1) is 7.61. The number of rotatable bonds is 6. The molecule has 0 radical (unpaired) electrons. The Morgan fingerprint density at radius 2 is 1.81 bits per heavy atom. The summed E-state index contributed by atoms with van der Waals surface area (Å²) in [5.74, 6) is 1.68. The van der Waals surface area contributed by atoms with Crippen molar-refractivity contribution in [1.82, 2.24) is 0 Å². The van der Waals surface area contributed by atoms with Crippen LogP contribution in [0.2, 0.25) is 0 Å². The molecule has 0 heterocycles. The molecule has 0 amide bonds. The molecule has 0 saturated carbocycles. The highest BCUT2D eigenvalue weighted by Gasteiger charge is 2.10. The minimum Gasteiger partial charge on any atom is -0.508 e. The Kier molecular flexibility index (Phi) is 5.12. The smallest absolute Gasteiger partial charge is 0.119 e. The normalized spacial score (nSPS) is 12.8. The van der Waals surface area contributed by atoms with E-state index in [4.69, 9.17) is 9.84 Å². The van der Waals surface area contributed by atoms with Crippen molar-refractivity contribution in [2.24, 2.45) is 11.8 Å². The zero-order valence-electron chi connectivity index (χ0n) is 9.89. The SMILES string of the molecule is CC(C)CC(CO)COc1ccc(O)cc1. The molecule has 0 bridgehead atoms. The number of phenolic OH excluding ortho intramolecular Hbond substituents is 1. The molecule has 0 spiro atoms. The van der Waals surface area contributed by atoms with E-state index in [0.717, 1.165) is 12.2 Å². The van der Waals surface area contributed by atoms with Gasteiger partial charge in [0.1, 0.15) is 11.5 Å². The van der Waals surface area contributed by atoms with Gasteiger partial charge in [0, 0.05) is 12.5 Å². The second-order valence-corrected chi connectivity index (χ2v) is 4.48. The molecule has 90 valence electrons. The van der Waals surface area contributed by atoms with E-state index in [-0.39, 0.29) is 18.3 Å². The van der Waals surface area contributed by atoms with Crippen LogP contribution in [0.4, 0.5) is 0 Å². The molecule has 1 atom stereocenters. The first-order valence-corrected chi connectivity index (χ1v) is 5.64. The fraction of sp³-hybridized carbons (Fsp3) is 0.538. The summed E-state index contributed by atoms with van der Waals surface area (Å²) in [5, 5.41) is 18.3. The third-order valence-corrected chi connectivity index (χ3v) is 2.39. The van der Waals surface area contributed by atoms with E-state index in [1.807, 2.05) is 0 Å². The van der Waals surface area contributed by atoms with Gasteiger partial charge in [0.05, 0.1) is 6.61 Å². The summed E-state index contributed by atoms with van der Waals surface area (Å²) in [6.07, 6.45) is 0.953. The van der Waals surface area contributed by atoms with Gasteiger partial charge in [-0.2, -0.15) is 0 Å². The van der Waals surface area contributed by atoms with Crippen LogP contribution < -0.4 is 4.74 Å². The zero-order valence-corrected chi connectivity index (χ0v) is 9.89. The van der Waals surface area contributed by atoms with Crippen molar-refractivity contribution in [3.63, 3.8) is 0 Å². The number of ether oxygens (including phenoxy) is 1. The zero-order chi connectivity index (χ0) is 12.0. The number of benzene rings is 1. The van der Waals surface area contributed by atoms with Crippen LogP contribution in [0.5, 0.6) is 11.5 Å². The number of aromatic hydroxyl groups is 1. The van der Waals surface area contributed by atoms with Crippen molar-refractivity contribution < 1.29 is 14.9 Å². The van der Waals surface area contributed by atoms with Gasteiger partial charge < -0.3 is 14.9 Å². The summed E-state index contributed by atoms with van der Waals surface area (Å²) in [4.78, 5) is 0. The standard InChI is InChI=1S/C13H20O3/c1-10(2)7-11(8-14)9-16-13-5-3-12(15)4-6-13/h3-6,10-11,14-15H,7-9H2,1-2H3. The molecule has 0 aliphatic rings. The van der Waals surface area contributed by atoms with Crippen LogP contribution in [0.3, 0.4) is 0 Å². The largest absolute Gasteiger partial charge is 0.508 e. The molecule has 0 fully saturated rings. The van der Waals surface area contributed by atoms with Gasteiger partial charge in [0.2, 0.25) is 0 Å². The maximum absolute atomic E-state index is 9.18. The second kappa shape index (κ2) is 6.38. The third kappa shape index (κ3) is 4.53. The molecule has 0 aromatic heterocycles. The highest BCUT2D eigenvalue weighted by Crippen LogP contribution is 2.18. The van der Waals surface area contributed by atoms with Gasteiger partial charge in [-0.3, -0.25) is 0 Å². The molecule has 0 aliphatic heterocycles. The lowest BCUT2D eigenvalue weighted by Crippen LogP contribution is -2.18. The molecule has 0 aliphatic carbocycles. The van der Waals surface area contributed by atoms with Crippen LogP contribution in [0.1, 0.15) is 20.3 Å². The molecule has 1 aromatic carbocycles. The lowest BCUT2D eigenvalue weighted by atomic mass is 9.99. The Morgan fingerprint density at radius 3 is 2.31 bits per heavy atom. The first kappa shape index (κ1) is 12.8. The lowest BCUT2D eigenvalue weighted by Gasteiger charge is -2.17. The van der Waals surface area contributed by atoms with Crippen LogP contribution in [-0.2, 0) is 0 Å². The highest BCUT2D eigenvalue weighted by molar-refractivity contribution is 5.30. The molecule has 1 unspecified atom stereocenters. The molecular formula is C13H20O3. The maximum Gasteiger partial charge on any atom is 0.119 e. The van der Waals surface area contributed by atoms with Gasteiger partial charge in [-0.05, 0) is 36.6 Å². The Bertz CT molecular complexity index is 293. The van der Waals surface area contributed by atoms with Gasteiger partial charge in [-0.1, -0.05) is 13.8 Å². The predicted molar refractivity (Wildman–Crippen MR) is 63.6 cm³/mol. The number of aliphatic hydroxyl groups excluding tert-OH is 1. The molecule has 3 nitrogen and oxygen atoms in total. The lowest BCUT2D eigenvalue weighted by molar-refractivity contribution is 0.145. The Morgan fingerprint density at radius 1 is 1.19 bits per heavy atom. The van der Waals surface area contributed by atoms with E-state index in [0.29, 0.717) is 12.5 Å². The van der Waals surface area contributed by atoms with Gasteiger partial charge in [0.15, 0.2) is 0 Å². The van der Waals surface area contributed by atoms with E-state index in [1.165, 1.54) is 0 Å². The van der Waals surface area contributed by atoms with Crippen LogP contribution in [-0.4, -0.2) is 23.4 Å². The number of phenols is 1. The Labute approximate surface area is 96.7 Å². The number of hydrogen-bond donors (Lipinski definition) is 2. The molecule has 2 N–H and O–H groups in total. The molecule has 3 heteroatoms. The van der Waals surface area contributed by atoms with Crippen LogP contribution >= 0.6 is 0 Å². The average molecular weight is 224 g/mol. The summed E-state index contributed by atoms with van der Waals surface area (Å²) >= 11 is 0. The van der Waals surface area contributed by atoms with Crippen LogP contribution in [0, 0.1) is 11.8 Å². The summed E-state index contributed by atoms with van der Waals surface area (Å²) in [6.45, 7) is 4.92. The fourth-order valence-electron chi connectivity index (χ4n) is 1.62. The third-order valence-electron chi connectivity index (χ3n) is 2.39. The van der Waals surface area contributed by atoms with E-state index in [9.17, 15) is 5.11 Å². The van der Waals surface area contributed by atoms with Crippen LogP contribution in [0.25, 0.3) is 0 Å². The summed E-state index contributed by atoms with van der Waals surface area (Å²) < 4.78 is 5.54. The fourth-order valence-corrected chi connectivity index (χ4v) is 1.62. The van der Waals surface area contributed by atoms with E-state index < -0.39 is 0 Å². The molecular weight excluding hydrogens is 204 g/mol. The highest BCUT2D eigenvalue weighted by atomic mass is 16.5. The van der Waals surface area contributed by atoms with Crippen molar-refractivity contribution >= 4 is 0 Å². The molecule has 1 aromatic rings. The monoisotopic (exact) mass is 224 g/mol. The Balaban J connectivity index is 2.40. The van der Waals surface area contributed by atoms with Gasteiger partial charge in [-0.25, -0.2) is 0 Å².